The van der Waals surface area contributed by atoms with E-state index in [1.54, 1.807) is 0 Å². The molecule has 0 bridgehead atoms. The van der Waals surface area contributed by atoms with E-state index in [9.17, 15) is 4.79 Å². The second-order valence-corrected chi connectivity index (χ2v) is 10.9. The van der Waals surface area contributed by atoms with Crippen LogP contribution in [0.15, 0.2) is 54.1 Å². The molecule has 4 heteroatoms. The first-order chi connectivity index (χ1) is 15.3. The first-order valence-corrected chi connectivity index (χ1v) is 12.2. The molecule has 2 heterocycles. The zero-order valence-electron chi connectivity index (χ0n) is 19.6. The van der Waals surface area contributed by atoms with Crippen LogP contribution < -0.4 is 0 Å². The van der Waals surface area contributed by atoms with Crippen molar-refractivity contribution in [1.29, 1.82) is 0 Å². The molecule has 2 aliphatic heterocycles. The number of hydrogen-bond acceptors (Lipinski definition) is 4. The number of esters is 1. The fraction of sp³-hybridized carbons (Fsp3) is 0.607. The number of carbonyl (C=O) groups is 1. The van der Waals surface area contributed by atoms with Crippen LogP contribution in [0, 0.1) is 28.6 Å². The van der Waals surface area contributed by atoms with E-state index in [1.807, 2.05) is 18.2 Å². The lowest BCUT2D eigenvalue weighted by atomic mass is 9.46. The molecule has 7 atom stereocenters. The van der Waals surface area contributed by atoms with Crippen LogP contribution in [-0.4, -0.2) is 25.3 Å². The molecular weight excluding hydrogens is 400 g/mol. The van der Waals surface area contributed by atoms with Gasteiger partial charge in [-0.3, -0.25) is 0 Å². The Balaban J connectivity index is 1.38. The smallest absolute Gasteiger partial charge is 0.334 e. The van der Waals surface area contributed by atoms with Gasteiger partial charge in [-0.05, 0) is 49.4 Å². The first kappa shape index (κ1) is 21.9. The molecule has 0 radical (unpaired) electrons. The van der Waals surface area contributed by atoms with Gasteiger partial charge in [0.1, 0.15) is 0 Å². The lowest BCUT2D eigenvalue weighted by Gasteiger charge is -2.62. The molecule has 0 spiro atoms. The minimum absolute atomic E-state index is 0.00997. The highest BCUT2D eigenvalue weighted by molar-refractivity contribution is 5.90. The van der Waals surface area contributed by atoms with Gasteiger partial charge >= 0.3 is 5.97 Å². The van der Waals surface area contributed by atoms with Crippen molar-refractivity contribution in [3.8, 4) is 0 Å². The summed E-state index contributed by atoms with van der Waals surface area (Å²) in [6.07, 6.45) is 7.28. The van der Waals surface area contributed by atoms with Gasteiger partial charge in [0.2, 0.25) is 0 Å². The van der Waals surface area contributed by atoms with Crippen LogP contribution in [0.2, 0.25) is 0 Å². The molecule has 1 unspecified atom stereocenters. The van der Waals surface area contributed by atoms with Gasteiger partial charge in [-0.2, -0.15) is 0 Å². The number of ether oxygens (including phenoxy) is 3. The Bertz CT molecular complexity index is 921. The van der Waals surface area contributed by atoms with Crippen LogP contribution in [0.1, 0.15) is 64.7 Å². The topological polar surface area (TPSA) is 44.8 Å². The van der Waals surface area contributed by atoms with E-state index in [4.69, 9.17) is 14.2 Å². The number of cyclic esters (lactones) is 1. The van der Waals surface area contributed by atoms with Crippen molar-refractivity contribution in [2.75, 3.05) is 13.2 Å². The summed E-state index contributed by atoms with van der Waals surface area (Å²) in [4.78, 5) is 12.1. The predicted molar refractivity (Wildman–Crippen MR) is 124 cm³/mol. The molecule has 4 nitrogen and oxygen atoms in total. The summed E-state index contributed by atoms with van der Waals surface area (Å²) in [5, 5.41) is 0. The van der Waals surface area contributed by atoms with Crippen molar-refractivity contribution in [1.82, 2.24) is 0 Å². The van der Waals surface area contributed by atoms with Gasteiger partial charge in [0, 0.05) is 22.5 Å². The highest BCUT2D eigenvalue weighted by Gasteiger charge is 2.60. The lowest BCUT2D eigenvalue weighted by Crippen LogP contribution is -2.60. The van der Waals surface area contributed by atoms with E-state index in [-0.39, 0.29) is 35.1 Å². The Kier molecular flexibility index (Phi) is 5.58. The molecule has 0 amide bonds. The van der Waals surface area contributed by atoms with Crippen LogP contribution in [0.4, 0.5) is 0 Å². The Morgan fingerprint density at radius 1 is 1.16 bits per heavy atom. The highest BCUT2D eigenvalue weighted by Crippen LogP contribution is 2.63. The van der Waals surface area contributed by atoms with Crippen molar-refractivity contribution in [3.05, 3.63) is 59.7 Å². The Morgan fingerprint density at radius 2 is 1.94 bits per heavy atom. The summed E-state index contributed by atoms with van der Waals surface area (Å²) in [6.45, 7) is 12.6. The summed E-state index contributed by atoms with van der Waals surface area (Å²) < 4.78 is 18.2. The Hall–Kier alpha value is -1.91. The minimum atomic E-state index is -0.271. The van der Waals surface area contributed by atoms with E-state index in [1.165, 1.54) is 5.57 Å². The maximum absolute atomic E-state index is 12.1. The van der Waals surface area contributed by atoms with Gasteiger partial charge in [0.25, 0.3) is 0 Å². The summed E-state index contributed by atoms with van der Waals surface area (Å²) >= 11 is 0. The van der Waals surface area contributed by atoms with Crippen molar-refractivity contribution in [2.24, 2.45) is 28.6 Å². The van der Waals surface area contributed by atoms with Crippen molar-refractivity contribution in [2.45, 2.75) is 65.3 Å². The van der Waals surface area contributed by atoms with Gasteiger partial charge in [-0.15, -0.1) is 0 Å². The maximum atomic E-state index is 12.1. The van der Waals surface area contributed by atoms with Crippen molar-refractivity contribution in [3.63, 3.8) is 0 Å². The van der Waals surface area contributed by atoms with Crippen LogP contribution in [0.25, 0.3) is 0 Å². The average Bonchev–Trinajstić information content (AvgIpc) is 3.10. The molecule has 5 rings (SSSR count). The summed E-state index contributed by atoms with van der Waals surface area (Å²) in [5.41, 5.74) is 3.40. The number of benzene rings is 1. The van der Waals surface area contributed by atoms with Crippen molar-refractivity contribution >= 4 is 5.97 Å². The van der Waals surface area contributed by atoms with E-state index in [0.717, 1.165) is 49.8 Å². The van der Waals surface area contributed by atoms with E-state index >= 15 is 0 Å². The van der Waals surface area contributed by atoms with Gasteiger partial charge in [-0.25, -0.2) is 4.79 Å². The van der Waals surface area contributed by atoms with Crippen LogP contribution >= 0.6 is 0 Å². The maximum Gasteiger partial charge on any atom is 0.334 e. The molecule has 4 aliphatic rings. The Morgan fingerprint density at radius 3 is 2.66 bits per heavy atom. The third kappa shape index (κ3) is 3.47. The molecule has 1 aromatic carbocycles. The molecule has 2 saturated carbocycles. The molecule has 4 fully saturated rings. The molecule has 2 saturated heterocycles. The van der Waals surface area contributed by atoms with Crippen molar-refractivity contribution < 1.29 is 19.0 Å². The van der Waals surface area contributed by atoms with Gasteiger partial charge in [0.15, 0.2) is 6.29 Å². The van der Waals surface area contributed by atoms with Gasteiger partial charge in [-0.1, -0.05) is 69.3 Å². The molecule has 0 N–H and O–H groups in total. The van der Waals surface area contributed by atoms with E-state index in [2.05, 4.69) is 45.6 Å². The third-order valence-electron chi connectivity index (χ3n) is 9.03. The summed E-state index contributed by atoms with van der Waals surface area (Å²) in [5.74, 6) is 0.926. The number of allylic oxidation sites excluding steroid dienone is 2. The Labute approximate surface area is 192 Å². The largest absolute Gasteiger partial charge is 0.462 e. The van der Waals surface area contributed by atoms with Crippen LogP contribution in [0.5, 0.6) is 0 Å². The predicted octanol–water partition coefficient (Wildman–Crippen LogP) is 6.00. The van der Waals surface area contributed by atoms with Crippen LogP contribution in [0.3, 0.4) is 0 Å². The standard InChI is InChI=1S/C28H36O4/c1-18-10-13-23-27(3,22(18)12-11-21-19(2)16-30-25(21)29)15-14-24-28(23,4)17-31-26(32-24)20-8-6-5-7-9-20/h5-9,11,19,22-24,26H,1,10,12-17H2,2-4H3/b21-11+/t19-,22-,23+,24-,26?,27+,28+/m1/s1. The monoisotopic (exact) mass is 436 g/mol. The quantitative estimate of drug-likeness (QED) is 0.331. The summed E-state index contributed by atoms with van der Waals surface area (Å²) in [7, 11) is 0. The summed E-state index contributed by atoms with van der Waals surface area (Å²) in [6, 6.07) is 10.3. The molecule has 0 aromatic heterocycles. The second kappa shape index (κ2) is 8.14. The molecule has 2 aliphatic carbocycles. The highest BCUT2D eigenvalue weighted by atomic mass is 16.7. The third-order valence-corrected chi connectivity index (χ3v) is 9.03. The van der Waals surface area contributed by atoms with E-state index < -0.39 is 0 Å². The molecule has 32 heavy (non-hydrogen) atoms. The minimum Gasteiger partial charge on any atom is -0.462 e. The molecular formula is C28H36O4. The van der Waals surface area contributed by atoms with E-state index in [0.29, 0.717) is 18.4 Å². The number of fused-ring (bicyclic) bond motifs is 3. The van der Waals surface area contributed by atoms with Gasteiger partial charge < -0.3 is 14.2 Å². The fourth-order valence-corrected chi connectivity index (χ4v) is 7.16. The molecule has 172 valence electrons. The number of rotatable bonds is 3. The second-order valence-electron chi connectivity index (χ2n) is 10.9. The first-order valence-electron chi connectivity index (χ1n) is 12.2. The fourth-order valence-electron chi connectivity index (χ4n) is 7.16. The SMILES string of the molecule is C=C1CC[C@@H]2[C@]3(C)COC(c4ccccc4)O[C@@H]3CC[C@@]2(C)[C@@H]1C/C=C1/C(=O)OC[C@H]1C. The average molecular weight is 437 g/mol. The number of carbonyl (C=O) groups excluding carboxylic acids is 1. The lowest BCUT2D eigenvalue weighted by molar-refractivity contribution is -0.307. The molecule has 1 aromatic rings. The number of hydrogen-bond donors (Lipinski definition) is 0. The van der Waals surface area contributed by atoms with Gasteiger partial charge in [0.05, 0.1) is 19.3 Å². The zero-order valence-corrected chi connectivity index (χ0v) is 19.6. The zero-order chi connectivity index (χ0) is 22.5. The van der Waals surface area contributed by atoms with Crippen LogP contribution in [-0.2, 0) is 19.0 Å². The normalized spacial score (nSPS) is 43.0.